The minimum Gasteiger partial charge on any atom is -0.370 e. The summed E-state index contributed by atoms with van der Waals surface area (Å²) in [5, 5.41) is 11.1. The molecule has 0 fully saturated rings. The van der Waals surface area contributed by atoms with Crippen LogP contribution in [-0.4, -0.2) is 32.8 Å². The Morgan fingerprint density at radius 3 is 2.33 bits per heavy atom. The van der Waals surface area contributed by atoms with Crippen molar-refractivity contribution in [3.8, 4) is 0 Å². The van der Waals surface area contributed by atoms with Crippen LogP contribution in [-0.2, 0) is 13.5 Å². The van der Waals surface area contributed by atoms with Crippen LogP contribution in [0.25, 0.3) is 0 Å². The maximum atomic E-state index is 4.49. The molecule has 2 heterocycles. The van der Waals surface area contributed by atoms with Gasteiger partial charge in [0.25, 0.3) is 0 Å². The Labute approximate surface area is 126 Å². The summed E-state index contributed by atoms with van der Waals surface area (Å²) < 4.78 is 1.82. The Hall–Kier alpha value is -2.11. The summed E-state index contributed by atoms with van der Waals surface area (Å²) >= 11 is 0. The molecule has 0 amide bonds. The van der Waals surface area contributed by atoms with Gasteiger partial charge in [-0.3, -0.25) is 4.68 Å². The molecule has 21 heavy (non-hydrogen) atoms. The molecule has 2 N–H and O–H groups in total. The number of aromatic nitrogens is 4. The smallest absolute Gasteiger partial charge is 0.134 e. The molecule has 0 bridgehead atoms. The Bertz CT molecular complexity index is 590. The van der Waals surface area contributed by atoms with Gasteiger partial charge in [-0.2, -0.15) is 5.10 Å². The fourth-order valence-electron chi connectivity index (χ4n) is 2.12. The molecule has 0 aliphatic rings. The van der Waals surface area contributed by atoms with Gasteiger partial charge in [0.1, 0.15) is 17.5 Å². The summed E-state index contributed by atoms with van der Waals surface area (Å²) in [7, 11) is 1.93. The molecule has 0 aliphatic carbocycles. The summed E-state index contributed by atoms with van der Waals surface area (Å²) in [6.07, 6.45) is 3.91. The average molecular weight is 288 g/mol. The lowest BCUT2D eigenvalue weighted by molar-refractivity contribution is 0.741. The van der Waals surface area contributed by atoms with E-state index in [9.17, 15) is 0 Å². The highest BCUT2D eigenvalue weighted by molar-refractivity contribution is 5.57. The van der Waals surface area contributed by atoms with Crippen molar-refractivity contribution in [2.75, 3.05) is 23.7 Å². The molecular formula is C15H24N6. The van der Waals surface area contributed by atoms with E-state index < -0.39 is 0 Å². The summed E-state index contributed by atoms with van der Waals surface area (Å²) in [5.74, 6) is 2.60. The number of aryl methyl sites for hydroxylation is 2. The van der Waals surface area contributed by atoms with Crippen molar-refractivity contribution in [2.24, 2.45) is 7.05 Å². The Morgan fingerprint density at radius 2 is 1.76 bits per heavy atom. The van der Waals surface area contributed by atoms with E-state index >= 15 is 0 Å². The van der Waals surface area contributed by atoms with Gasteiger partial charge >= 0.3 is 0 Å². The SMILES string of the molecule is CCCNc1nc(C)nc(NCCc2ccn(C)n2)c1C. The summed E-state index contributed by atoms with van der Waals surface area (Å²) in [4.78, 5) is 8.95. The van der Waals surface area contributed by atoms with Crippen molar-refractivity contribution in [2.45, 2.75) is 33.6 Å². The third kappa shape index (κ3) is 4.18. The zero-order valence-electron chi connectivity index (χ0n) is 13.3. The molecule has 0 saturated carbocycles. The quantitative estimate of drug-likeness (QED) is 0.818. The lowest BCUT2D eigenvalue weighted by Gasteiger charge is -2.13. The Kier molecular flexibility index (Phi) is 5.14. The normalized spacial score (nSPS) is 10.7. The number of anilines is 2. The molecule has 2 rings (SSSR count). The molecular weight excluding hydrogens is 264 g/mol. The van der Waals surface area contributed by atoms with E-state index in [1.165, 1.54) is 0 Å². The maximum Gasteiger partial charge on any atom is 0.134 e. The van der Waals surface area contributed by atoms with Crippen LogP contribution in [0.5, 0.6) is 0 Å². The third-order valence-corrected chi connectivity index (χ3v) is 3.24. The lowest BCUT2D eigenvalue weighted by atomic mass is 10.2. The molecule has 0 unspecified atom stereocenters. The van der Waals surface area contributed by atoms with Gasteiger partial charge in [-0.1, -0.05) is 6.92 Å². The Morgan fingerprint density at radius 1 is 1.10 bits per heavy atom. The fraction of sp³-hybridized carbons (Fsp3) is 0.533. The van der Waals surface area contributed by atoms with Gasteiger partial charge in [-0.15, -0.1) is 0 Å². The van der Waals surface area contributed by atoms with Crippen LogP contribution in [0.2, 0.25) is 0 Å². The fourth-order valence-corrected chi connectivity index (χ4v) is 2.12. The molecule has 0 spiro atoms. The minimum absolute atomic E-state index is 0.777. The first-order valence-corrected chi connectivity index (χ1v) is 7.41. The number of nitrogens with one attached hydrogen (secondary N) is 2. The summed E-state index contributed by atoms with van der Waals surface area (Å²) in [6, 6.07) is 2.04. The number of hydrogen-bond donors (Lipinski definition) is 2. The summed E-state index contributed by atoms with van der Waals surface area (Å²) in [5.41, 5.74) is 2.15. The standard InChI is InChI=1S/C15H24N6/c1-5-8-16-14-11(2)15(19-12(3)18-14)17-9-6-13-7-10-21(4)20-13/h7,10H,5-6,8-9H2,1-4H3,(H2,16,17,18,19). The molecule has 6 heteroatoms. The van der Waals surface area contributed by atoms with Crippen molar-refractivity contribution >= 4 is 11.6 Å². The van der Waals surface area contributed by atoms with E-state index in [-0.39, 0.29) is 0 Å². The van der Waals surface area contributed by atoms with Crippen LogP contribution in [0.4, 0.5) is 11.6 Å². The van der Waals surface area contributed by atoms with E-state index in [0.29, 0.717) is 0 Å². The van der Waals surface area contributed by atoms with Crippen LogP contribution in [0.3, 0.4) is 0 Å². The first kappa shape index (κ1) is 15.3. The first-order valence-electron chi connectivity index (χ1n) is 7.41. The largest absolute Gasteiger partial charge is 0.370 e. The van der Waals surface area contributed by atoms with E-state index in [1.807, 2.05) is 37.8 Å². The monoisotopic (exact) mass is 288 g/mol. The molecule has 0 atom stereocenters. The average Bonchev–Trinajstić information content (AvgIpc) is 2.86. The van der Waals surface area contributed by atoms with Crippen molar-refractivity contribution in [3.05, 3.63) is 29.3 Å². The van der Waals surface area contributed by atoms with Gasteiger partial charge in [0.2, 0.25) is 0 Å². The highest BCUT2D eigenvalue weighted by atomic mass is 15.2. The van der Waals surface area contributed by atoms with E-state index in [2.05, 4.69) is 32.6 Å². The highest BCUT2D eigenvalue weighted by Gasteiger charge is 2.08. The van der Waals surface area contributed by atoms with Crippen molar-refractivity contribution in [1.82, 2.24) is 19.7 Å². The van der Waals surface area contributed by atoms with Gasteiger partial charge in [0.15, 0.2) is 0 Å². The minimum atomic E-state index is 0.777. The molecule has 0 aliphatic heterocycles. The Balaban J connectivity index is 2.00. The first-order chi connectivity index (χ1) is 10.1. The third-order valence-electron chi connectivity index (χ3n) is 3.24. The lowest BCUT2D eigenvalue weighted by Crippen LogP contribution is -2.12. The number of nitrogens with zero attached hydrogens (tertiary/aromatic N) is 4. The second-order valence-corrected chi connectivity index (χ2v) is 5.18. The van der Waals surface area contributed by atoms with Crippen LogP contribution in [0.15, 0.2) is 12.3 Å². The molecule has 6 nitrogen and oxygen atoms in total. The van der Waals surface area contributed by atoms with Crippen molar-refractivity contribution in [3.63, 3.8) is 0 Å². The van der Waals surface area contributed by atoms with Crippen molar-refractivity contribution in [1.29, 1.82) is 0 Å². The van der Waals surface area contributed by atoms with Gasteiger partial charge in [-0.05, 0) is 26.3 Å². The van der Waals surface area contributed by atoms with E-state index in [0.717, 1.165) is 54.6 Å². The predicted octanol–water partition coefficient (Wildman–Crippen LogP) is 2.30. The topological polar surface area (TPSA) is 67.7 Å². The highest BCUT2D eigenvalue weighted by Crippen LogP contribution is 2.19. The van der Waals surface area contributed by atoms with Gasteiger partial charge in [0.05, 0.1) is 5.69 Å². The van der Waals surface area contributed by atoms with Gasteiger partial charge in [0, 0.05) is 38.3 Å². The predicted molar refractivity (Wildman–Crippen MR) is 85.7 cm³/mol. The second kappa shape index (κ2) is 7.06. The number of rotatable bonds is 7. The summed E-state index contributed by atoms with van der Waals surface area (Å²) in [6.45, 7) is 7.83. The van der Waals surface area contributed by atoms with Gasteiger partial charge < -0.3 is 10.6 Å². The van der Waals surface area contributed by atoms with Gasteiger partial charge in [-0.25, -0.2) is 9.97 Å². The van der Waals surface area contributed by atoms with Crippen LogP contribution in [0.1, 0.15) is 30.4 Å². The molecule has 2 aromatic rings. The molecule has 2 aromatic heterocycles. The maximum absolute atomic E-state index is 4.49. The zero-order valence-corrected chi connectivity index (χ0v) is 13.3. The molecule has 114 valence electrons. The van der Waals surface area contributed by atoms with E-state index in [1.54, 1.807) is 0 Å². The molecule has 0 saturated heterocycles. The van der Waals surface area contributed by atoms with Crippen molar-refractivity contribution < 1.29 is 0 Å². The second-order valence-electron chi connectivity index (χ2n) is 5.18. The number of hydrogen-bond acceptors (Lipinski definition) is 5. The van der Waals surface area contributed by atoms with Crippen LogP contribution in [0, 0.1) is 13.8 Å². The van der Waals surface area contributed by atoms with Crippen LogP contribution < -0.4 is 10.6 Å². The zero-order chi connectivity index (χ0) is 15.2. The van der Waals surface area contributed by atoms with Crippen LogP contribution >= 0.6 is 0 Å². The molecule has 0 radical (unpaired) electrons. The van der Waals surface area contributed by atoms with E-state index in [4.69, 9.17) is 0 Å². The molecule has 0 aromatic carbocycles.